The van der Waals surface area contributed by atoms with Crippen molar-refractivity contribution in [1.29, 1.82) is 0 Å². The number of hydrogen-bond donors (Lipinski definition) is 1. The number of likely N-dealkylation sites (N-methyl/N-ethyl adjacent to an activating group) is 1. The Labute approximate surface area is 145 Å². The number of nitrogens with zero attached hydrogens (tertiary/aromatic N) is 3. The second kappa shape index (κ2) is 8.88. The lowest BCUT2D eigenvalue weighted by molar-refractivity contribution is -0.130. The molecule has 23 heavy (non-hydrogen) atoms. The summed E-state index contributed by atoms with van der Waals surface area (Å²) >= 11 is 2.95. The Bertz CT molecular complexity index is 614. The topological polar surface area (TPSA) is 58.1 Å². The minimum Gasteiger partial charge on any atom is -0.360 e. The summed E-state index contributed by atoms with van der Waals surface area (Å²) in [5.74, 6) is 0.117. The van der Waals surface area contributed by atoms with E-state index in [9.17, 15) is 4.79 Å². The number of hydrogen-bond acceptors (Lipinski definition) is 6. The van der Waals surface area contributed by atoms with Crippen LogP contribution in [0.4, 0.5) is 5.13 Å². The Morgan fingerprint density at radius 3 is 2.52 bits per heavy atom. The highest BCUT2D eigenvalue weighted by Gasteiger charge is 2.27. The molecule has 1 aromatic heterocycles. The third-order valence-electron chi connectivity index (χ3n) is 3.35. The van der Waals surface area contributed by atoms with E-state index >= 15 is 0 Å². The van der Waals surface area contributed by atoms with Gasteiger partial charge in [0.1, 0.15) is 5.25 Å². The van der Waals surface area contributed by atoms with Gasteiger partial charge in [0, 0.05) is 19.6 Å². The van der Waals surface area contributed by atoms with Gasteiger partial charge in [-0.1, -0.05) is 53.4 Å². The molecule has 1 aromatic carbocycles. The summed E-state index contributed by atoms with van der Waals surface area (Å²) < 4.78 is 0.801. The molecular formula is C16H22N4OS2. The number of benzene rings is 1. The maximum atomic E-state index is 12.9. The van der Waals surface area contributed by atoms with E-state index in [4.69, 9.17) is 0 Å². The number of carbonyl (C=O) groups is 1. The van der Waals surface area contributed by atoms with Gasteiger partial charge in [-0.15, -0.1) is 10.2 Å². The average Bonchev–Trinajstić information content (AvgIpc) is 3.02. The van der Waals surface area contributed by atoms with E-state index in [0.717, 1.165) is 21.6 Å². The van der Waals surface area contributed by atoms with Gasteiger partial charge in [-0.2, -0.15) is 0 Å². The zero-order valence-corrected chi connectivity index (χ0v) is 15.3. The van der Waals surface area contributed by atoms with Crippen LogP contribution in [0.1, 0.15) is 31.6 Å². The Hall–Kier alpha value is -1.60. The molecule has 2 rings (SSSR count). The minimum absolute atomic E-state index is 0.117. The van der Waals surface area contributed by atoms with Crippen LogP contribution in [0.2, 0.25) is 0 Å². The zero-order valence-electron chi connectivity index (χ0n) is 13.7. The monoisotopic (exact) mass is 350 g/mol. The van der Waals surface area contributed by atoms with Crippen LogP contribution in [0.25, 0.3) is 0 Å². The summed E-state index contributed by atoms with van der Waals surface area (Å²) in [6, 6.07) is 9.86. The first kappa shape index (κ1) is 17.7. The molecule has 0 bridgehead atoms. The van der Waals surface area contributed by atoms with E-state index in [1.54, 1.807) is 0 Å². The quantitative estimate of drug-likeness (QED) is 0.736. The van der Waals surface area contributed by atoms with Crippen LogP contribution in [-0.4, -0.2) is 40.6 Å². The van der Waals surface area contributed by atoms with Gasteiger partial charge in [0.2, 0.25) is 11.0 Å². The largest absolute Gasteiger partial charge is 0.360 e. The molecule has 7 heteroatoms. The lowest BCUT2D eigenvalue weighted by Gasteiger charge is -2.24. The van der Waals surface area contributed by atoms with Crippen molar-refractivity contribution in [3.63, 3.8) is 0 Å². The maximum Gasteiger partial charge on any atom is 0.240 e. The molecule has 1 atom stereocenters. The van der Waals surface area contributed by atoms with Gasteiger partial charge in [-0.25, -0.2) is 0 Å². The minimum atomic E-state index is -0.293. The van der Waals surface area contributed by atoms with E-state index in [-0.39, 0.29) is 11.2 Å². The van der Waals surface area contributed by atoms with Gasteiger partial charge in [0.05, 0.1) is 0 Å². The van der Waals surface area contributed by atoms with Gasteiger partial charge in [0.25, 0.3) is 0 Å². The fraction of sp³-hybridized carbons (Fsp3) is 0.438. The third kappa shape index (κ3) is 4.68. The predicted octanol–water partition coefficient (Wildman–Crippen LogP) is 3.67. The van der Waals surface area contributed by atoms with Crippen molar-refractivity contribution in [2.24, 2.45) is 0 Å². The van der Waals surface area contributed by atoms with Gasteiger partial charge in [0.15, 0.2) is 4.34 Å². The van der Waals surface area contributed by atoms with E-state index in [0.29, 0.717) is 13.1 Å². The molecule has 0 saturated carbocycles. The lowest BCUT2D eigenvalue weighted by atomic mass is 10.1. The number of thioether (sulfide) groups is 1. The molecule has 0 radical (unpaired) electrons. The standard InChI is InChI=1S/C16H22N4OS2/c1-4-17-15-18-19-16(23-15)22-13(12-10-8-7-9-11-12)14(21)20(5-2)6-3/h7-11,13H,4-6H2,1-3H3,(H,17,18)/t13-/m0/s1. The number of amides is 1. The summed E-state index contributed by atoms with van der Waals surface area (Å²) in [5.41, 5.74) is 0.995. The van der Waals surface area contributed by atoms with Gasteiger partial charge >= 0.3 is 0 Å². The lowest BCUT2D eigenvalue weighted by Crippen LogP contribution is -2.33. The van der Waals surface area contributed by atoms with Crippen molar-refractivity contribution in [2.45, 2.75) is 30.4 Å². The molecule has 0 fully saturated rings. The van der Waals surface area contributed by atoms with Gasteiger partial charge in [-0.3, -0.25) is 4.79 Å². The molecule has 124 valence electrons. The number of nitrogens with one attached hydrogen (secondary N) is 1. The van der Waals surface area contributed by atoms with Crippen LogP contribution < -0.4 is 5.32 Å². The molecule has 0 spiro atoms. The molecule has 2 aromatic rings. The number of aromatic nitrogens is 2. The molecule has 1 heterocycles. The molecule has 0 aliphatic heterocycles. The third-order valence-corrected chi connectivity index (χ3v) is 5.56. The summed E-state index contributed by atoms with van der Waals surface area (Å²) in [6.45, 7) is 8.24. The first-order chi connectivity index (χ1) is 11.2. The van der Waals surface area contributed by atoms with Crippen LogP contribution in [0.5, 0.6) is 0 Å². The Kier molecular flexibility index (Phi) is 6.85. The normalized spacial score (nSPS) is 12.0. The number of carbonyl (C=O) groups excluding carboxylic acids is 1. The molecule has 0 unspecified atom stereocenters. The fourth-order valence-corrected chi connectivity index (χ4v) is 4.27. The molecule has 1 N–H and O–H groups in total. The molecule has 0 aliphatic carbocycles. The van der Waals surface area contributed by atoms with Crippen LogP contribution in [0, 0.1) is 0 Å². The molecule has 1 amide bonds. The van der Waals surface area contributed by atoms with Crippen LogP contribution in [0.15, 0.2) is 34.7 Å². The maximum absolute atomic E-state index is 12.9. The highest BCUT2D eigenvalue weighted by molar-refractivity contribution is 8.01. The first-order valence-corrected chi connectivity index (χ1v) is 9.46. The Morgan fingerprint density at radius 1 is 1.22 bits per heavy atom. The molecule has 0 aliphatic rings. The summed E-state index contributed by atoms with van der Waals surface area (Å²) in [6.07, 6.45) is 0. The van der Waals surface area contributed by atoms with E-state index < -0.39 is 0 Å². The highest BCUT2D eigenvalue weighted by Crippen LogP contribution is 2.38. The van der Waals surface area contributed by atoms with E-state index in [2.05, 4.69) is 15.5 Å². The predicted molar refractivity (Wildman–Crippen MR) is 97.0 cm³/mol. The summed E-state index contributed by atoms with van der Waals surface area (Å²) in [7, 11) is 0. The van der Waals surface area contributed by atoms with Gasteiger partial charge in [-0.05, 0) is 26.3 Å². The van der Waals surface area contributed by atoms with Crippen LogP contribution in [-0.2, 0) is 4.79 Å². The SMILES string of the molecule is CCNc1nnc(S[C@H](C(=O)N(CC)CC)c2ccccc2)s1. The van der Waals surface area contributed by atoms with Crippen LogP contribution in [0.3, 0.4) is 0 Å². The van der Waals surface area contributed by atoms with Crippen molar-refractivity contribution in [3.8, 4) is 0 Å². The zero-order chi connectivity index (χ0) is 16.7. The van der Waals surface area contributed by atoms with Crippen molar-refractivity contribution >= 4 is 34.1 Å². The number of rotatable bonds is 8. The van der Waals surface area contributed by atoms with Crippen molar-refractivity contribution < 1.29 is 4.79 Å². The summed E-state index contributed by atoms with van der Waals surface area (Å²) in [4.78, 5) is 14.7. The smallest absolute Gasteiger partial charge is 0.240 e. The Balaban J connectivity index is 2.24. The van der Waals surface area contributed by atoms with Crippen molar-refractivity contribution in [3.05, 3.63) is 35.9 Å². The highest BCUT2D eigenvalue weighted by atomic mass is 32.2. The fourth-order valence-electron chi connectivity index (χ4n) is 2.17. The van der Waals surface area contributed by atoms with Crippen molar-refractivity contribution in [2.75, 3.05) is 25.0 Å². The molecular weight excluding hydrogens is 328 g/mol. The Morgan fingerprint density at radius 2 is 1.91 bits per heavy atom. The first-order valence-electron chi connectivity index (χ1n) is 7.77. The van der Waals surface area contributed by atoms with Gasteiger partial charge < -0.3 is 10.2 Å². The second-order valence-corrected chi connectivity index (χ2v) is 7.15. The number of anilines is 1. The second-order valence-electron chi connectivity index (χ2n) is 4.82. The summed E-state index contributed by atoms with van der Waals surface area (Å²) in [5, 5.41) is 11.9. The van der Waals surface area contributed by atoms with Crippen LogP contribution >= 0.6 is 23.1 Å². The molecule has 5 nitrogen and oxygen atoms in total. The molecule has 0 saturated heterocycles. The van der Waals surface area contributed by atoms with E-state index in [1.807, 2.05) is 56.0 Å². The van der Waals surface area contributed by atoms with Crippen molar-refractivity contribution in [1.82, 2.24) is 15.1 Å². The average molecular weight is 351 g/mol. The van der Waals surface area contributed by atoms with E-state index in [1.165, 1.54) is 23.1 Å².